The van der Waals surface area contributed by atoms with Gasteiger partial charge in [0.25, 0.3) is 0 Å². The van der Waals surface area contributed by atoms with Gasteiger partial charge in [-0.3, -0.25) is 0 Å². The number of benzene rings is 8. The lowest BCUT2D eigenvalue weighted by Gasteiger charge is -2.30. The number of fused-ring (bicyclic) bond motifs is 9. The largest absolute Gasteiger partial charge is 0.317 e. The Bertz CT molecular complexity index is 3810. The molecule has 4 aliphatic rings. The molecule has 10 heteroatoms. The average molecular weight is 924 g/mol. The normalized spacial score (nSPS) is 17.0. The lowest BCUT2D eigenvalue weighted by Crippen LogP contribution is -2.51. The third-order valence-corrected chi connectivity index (χ3v) is 16.6. The average Bonchev–Trinajstić information content (AvgIpc) is 4.09. The van der Waals surface area contributed by atoms with E-state index in [1.54, 1.807) is 0 Å². The third kappa shape index (κ3) is 6.88. The second-order valence-corrected chi connectivity index (χ2v) is 21.4. The van der Waals surface area contributed by atoms with E-state index in [-0.39, 0.29) is 10.9 Å². The van der Waals surface area contributed by atoms with Crippen molar-refractivity contribution in [2.24, 2.45) is 0 Å². The third-order valence-electron chi connectivity index (χ3n) is 16.6. The van der Waals surface area contributed by atoms with Gasteiger partial charge in [-0.2, -0.15) is 0 Å². The zero-order valence-corrected chi connectivity index (χ0v) is 42.4. The molecule has 8 aromatic carbocycles. The Morgan fingerprint density at radius 1 is 0.486 bits per heavy atom. The highest BCUT2D eigenvalue weighted by atomic mass is 15.1. The highest BCUT2D eigenvalue weighted by Gasteiger charge is 2.47. The predicted octanol–water partition coefficient (Wildman–Crippen LogP) is 7.14. The Labute approximate surface area is 449 Å². The summed E-state index contributed by atoms with van der Waals surface area (Å²) in [6, 6.07) is 45.4. The first kappa shape index (κ1) is 48.3. The van der Waals surface area contributed by atoms with Gasteiger partial charge in [-0.25, -0.2) is 0 Å². The Balaban J connectivity index is 1.01. The first-order valence-electron chi connectivity index (χ1n) is 25.4. The van der Waals surface area contributed by atoms with Crippen molar-refractivity contribution in [3.63, 3.8) is 0 Å². The van der Waals surface area contributed by atoms with Crippen LogP contribution in [0.3, 0.4) is 0 Å². The van der Waals surface area contributed by atoms with Gasteiger partial charge in [0.2, 0.25) is 0 Å². The van der Waals surface area contributed by atoms with Gasteiger partial charge >= 0.3 is 0 Å². The first-order chi connectivity index (χ1) is 35.5. The fourth-order valence-electron chi connectivity index (χ4n) is 13.4. The molecule has 0 fully saturated rings. The van der Waals surface area contributed by atoms with Gasteiger partial charge in [-0.15, -0.1) is 10.9 Å². The molecule has 0 bridgehead atoms. The molecule has 8 aromatic rings. The minimum Gasteiger partial charge on any atom is -0.317 e. The molecule has 0 spiro atoms. The van der Waals surface area contributed by atoms with Crippen LogP contribution in [0.1, 0.15) is 85.9 Å². The molecule has 4 aliphatic carbocycles. The Morgan fingerprint density at radius 2 is 1.01 bits per heavy atom. The van der Waals surface area contributed by atoms with Crippen LogP contribution < -0.4 is 48.6 Å². The number of allylic oxidation sites excluding steroid dienone is 5. The van der Waals surface area contributed by atoms with E-state index in [9.17, 15) is 0 Å². The van der Waals surface area contributed by atoms with E-state index in [0.29, 0.717) is 49.8 Å². The van der Waals surface area contributed by atoms with Crippen LogP contribution >= 0.6 is 0 Å². The Hall–Kier alpha value is -6.64. The maximum Gasteiger partial charge on any atom is 0.115 e. The van der Waals surface area contributed by atoms with E-state index in [1.807, 2.05) is 18.2 Å². The summed E-state index contributed by atoms with van der Waals surface area (Å²) in [5.74, 6) is -0.180. The number of hydrogen-bond donors (Lipinski definition) is 0. The van der Waals surface area contributed by atoms with Gasteiger partial charge in [-0.05, 0) is 148 Å². The lowest BCUT2D eigenvalue weighted by atomic mass is 9.61. The maximum atomic E-state index is 7.58. The zero-order valence-electron chi connectivity index (χ0n) is 42.4. The number of anilines is 2. The lowest BCUT2D eigenvalue weighted by molar-refractivity contribution is 0.662. The summed E-state index contributed by atoms with van der Waals surface area (Å²) in [4.78, 5) is 2.22. The summed E-state index contributed by atoms with van der Waals surface area (Å²) in [7, 11) is 63.2. The molecule has 0 saturated heterocycles. The van der Waals surface area contributed by atoms with Gasteiger partial charge in [-0.1, -0.05) is 183 Å². The molecular weight excluding hydrogens is 880 g/mol. The highest BCUT2D eigenvalue weighted by molar-refractivity contribution is 6.65. The smallest absolute Gasteiger partial charge is 0.115 e. The minimum absolute atomic E-state index is 0.215. The molecule has 332 valence electrons. The van der Waals surface area contributed by atoms with E-state index in [0.717, 1.165) is 79.0 Å². The summed E-state index contributed by atoms with van der Waals surface area (Å²) in [6.07, 6.45) is 9.33. The maximum absolute atomic E-state index is 7.58. The van der Waals surface area contributed by atoms with Gasteiger partial charge < -0.3 is 4.90 Å². The number of rotatable bonds is 8. The molecule has 12 rings (SSSR count). The van der Waals surface area contributed by atoms with E-state index in [1.165, 1.54) is 33.4 Å². The summed E-state index contributed by atoms with van der Waals surface area (Å²) in [5.41, 5.74) is 22.5. The highest BCUT2D eigenvalue weighted by Crippen LogP contribution is 2.55. The quantitative estimate of drug-likeness (QED) is 0.147. The monoisotopic (exact) mass is 925 g/mol. The summed E-state index contributed by atoms with van der Waals surface area (Å²) in [5, 5.41) is 0. The van der Waals surface area contributed by atoms with Crippen LogP contribution in [0.4, 0.5) is 11.4 Å². The molecule has 2 atom stereocenters. The minimum atomic E-state index is -0.763. The molecule has 18 radical (unpaired) electrons. The molecule has 0 N–H and O–H groups in total. The van der Waals surface area contributed by atoms with Crippen molar-refractivity contribution in [2.45, 2.75) is 63.6 Å². The molecular formula is C64H44B9N. The summed E-state index contributed by atoms with van der Waals surface area (Å²) >= 11 is 0. The summed E-state index contributed by atoms with van der Waals surface area (Å²) < 4.78 is 0. The number of hydrogen-bond acceptors (Lipinski definition) is 1. The van der Waals surface area contributed by atoms with Crippen LogP contribution in [-0.2, 0) is 10.8 Å². The fraction of sp³-hybridized carbons (Fsp3) is 0.156. The fourth-order valence-corrected chi connectivity index (χ4v) is 13.4. The van der Waals surface area contributed by atoms with E-state index in [4.69, 9.17) is 70.6 Å². The predicted molar refractivity (Wildman–Crippen MR) is 323 cm³/mol. The Morgan fingerprint density at radius 3 is 1.68 bits per heavy atom. The van der Waals surface area contributed by atoms with Crippen LogP contribution in [0.25, 0.3) is 61.2 Å². The number of nitrogens with zero attached hydrogens (tertiary/aromatic N) is 1. The van der Waals surface area contributed by atoms with Crippen molar-refractivity contribution in [3.05, 3.63) is 196 Å². The van der Waals surface area contributed by atoms with Gasteiger partial charge in [0.1, 0.15) is 62.8 Å². The van der Waals surface area contributed by atoms with Gasteiger partial charge in [0.15, 0.2) is 0 Å². The van der Waals surface area contributed by atoms with E-state index < -0.39 is 16.6 Å². The van der Waals surface area contributed by atoms with Gasteiger partial charge in [0.05, 0.1) is 7.85 Å². The molecule has 0 aliphatic heterocycles. The van der Waals surface area contributed by atoms with Crippen LogP contribution in [0.2, 0.25) is 5.82 Å². The van der Waals surface area contributed by atoms with Crippen molar-refractivity contribution in [2.75, 3.05) is 4.90 Å². The molecule has 2 unspecified atom stereocenters. The molecule has 0 saturated carbocycles. The standard InChI is InChI=1S/C64H44B9N/c1-6-38-40-15-10-11-16-41(40)42-18-12-17-39(47(38)42)34-21-26-37(27-22-34)74(36-24-19-33(20-25-36)32-13-8-7-9-14-32)30-29-35-23-28-43(65)46(35)48-44(66)31-45(67)53-49(48)50-54(63(53,2)3)58(69)51-52-56(64(4,5)55(51)57(50)68)60(71)62(73)61(72)59(52)70/h7-31,38,43H,6H2,1-5H3. The second-order valence-electron chi connectivity index (χ2n) is 21.4. The van der Waals surface area contributed by atoms with Crippen LogP contribution in [0, 0.1) is 0 Å². The van der Waals surface area contributed by atoms with E-state index >= 15 is 0 Å². The Kier molecular flexibility index (Phi) is 11.4. The van der Waals surface area contributed by atoms with Crippen LogP contribution in [0.5, 0.6) is 0 Å². The van der Waals surface area contributed by atoms with Crippen molar-refractivity contribution in [3.8, 4) is 55.6 Å². The first-order valence-corrected chi connectivity index (χ1v) is 25.4. The molecule has 74 heavy (non-hydrogen) atoms. The van der Waals surface area contributed by atoms with Gasteiger partial charge in [0, 0.05) is 34.3 Å². The van der Waals surface area contributed by atoms with Crippen molar-refractivity contribution >= 4 is 131 Å². The topological polar surface area (TPSA) is 3.24 Å². The van der Waals surface area contributed by atoms with Crippen LogP contribution in [0.15, 0.2) is 157 Å². The van der Waals surface area contributed by atoms with Crippen molar-refractivity contribution in [1.29, 1.82) is 0 Å². The second kappa shape index (κ2) is 17.5. The van der Waals surface area contributed by atoms with Crippen LogP contribution in [-0.4, -0.2) is 70.6 Å². The molecule has 0 heterocycles. The van der Waals surface area contributed by atoms with Crippen molar-refractivity contribution in [1.82, 2.24) is 0 Å². The molecule has 0 amide bonds. The van der Waals surface area contributed by atoms with Crippen molar-refractivity contribution < 1.29 is 0 Å². The molecule has 0 aromatic heterocycles. The zero-order chi connectivity index (χ0) is 51.9. The van der Waals surface area contributed by atoms with E-state index in [2.05, 4.69) is 173 Å². The molecule has 1 nitrogen and oxygen atoms in total. The summed E-state index contributed by atoms with van der Waals surface area (Å²) in [6.45, 7) is 10.6. The SMILES string of the molecule is [B]c1cc([B])c2c(c1C1=C(C=CN(c3ccc(-c4ccccc4)cc3)c3ccc(-c4cccc5c4C(CC)c4ccccc4-5)cc3)C=CC1[B])-c1c([B])c3c(c([B])c1C2(C)C)-c1c([B])c([B])c([B])c([B])c1C3(C)C.